The molecule has 0 saturated heterocycles. The fraction of sp³-hybridized carbons (Fsp3) is 0.524. The van der Waals surface area contributed by atoms with Crippen LogP contribution in [-0.2, 0) is 11.3 Å². The lowest BCUT2D eigenvalue weighted by Crippen LogP contribution is -2.24. The zero-order valence-electron chi connectivity index (χ0n) is 17.6. The van der Waals surface area contributed by atoms with Crippen molar-refractivity contribution in [1.29, 1.82) is 0 Å². The Hall–Kier alpha value is -2.19. The molecule has 0 aliphatic rings. The minimum Gasteiger partial charge on any atom is -0.379 e. The topological polar surface area (TPSA) is 83.0 Å². The van der Waals surface area contributed by atoms with Crippen molar-refractivity contribution in [3.05, 3.63) is 46.3 Å². The van der Waals surface area contributed by atoms with Crippen LogP contribution >= 0.6 is 11.8 Å². The molecule has 2 heterocycles. The summed E-state index contributed by atoms with van der Waals surface area (Å²) in [5, 5.41) is 5.18. The smallest absolute Gasteiger partial charge is 0.262 e. The molecule has 2 aromatic heterocycles. The summed E-state index contributed by atoms with van der Waals surface area (Å²) in [5.74, 6) is 1.42. The molecule has 0 bridgehead atoms. The normalized spacial score (nSPS) is 12.9. The Kier molecular flexibility index (Phi) is 7.08. The molecule has 3 aromatic rings. The number of nitrogens with zero attached hydrogens (tertiary/aromatic N) is 4. The van der Waals surface area contributed by atoms with Gasteiger partial charge in [0.1, 0.15) is 0 Å². The van der Waals surface area contributed by atoms with Crippen LogP contribution < -0.4 is 5.56 Å². The van der Waals surface area contributed by atoms with E-state index >= 15 is 0 Å². The average molecular weight is 417 g/mol. The van der Waals surface area contributed by atoms with Crippen molar-refractivity contribution in [2.45, 2.75) is 70.0 Å². The minimum atomic E-state index is -0.124. The molecule has 0 N–H and O–H groups in total. The first-order chi connectivity index (χ1) is 13.9. The van der Waals surface area contributed by atoms with Crippen LogP contribution in [0.2, 0.25) is 0 Å². The summed E-state index contributed by atoms with van der Waals surface area (Å²) in [6.07, 6.45) is 0.904. The Morgan fingerprint density at radius 1 is 1.14 bits per heavy atom. The van der Waals surface area contributed by atoms with E-state index in [4.69, 9.17) is 14.2 Å². The van der Waals surface area contributed by atoms with Gasteiger partial charge in [0.15, 0.2) is 11.0 Å². The van der Waals surface area contributed by atoms with E-state index in [1.54, 1.807) is 4.57 Å². The first-order valence-electron chi connectivity index (χ1n) is 9.98. The summed E-state index contributed by atoms with van der Waals surface area (Å²) in [5.41, 5.74) is 0.651. The maximum Gasteiger partial charge on any atom is 0.262 e. The van der Waals surface area contributed by atoms with Gasteiger partial charge in [-0.25, -0.2) is 4.98 Å². The Morgan fingerprint density at radius 2 is 1.90 bits per heavy atom. The molecule has 0 aliphatic carbocycles. The Bertz CT molecular complexity index is 1010. The molecule has 1 unspecified atom stereocenters. The lowest BCUT2D eigenvalue weighted by molar-refractivity contribution is 0.0743. The van der Waals surface area contributed by atoms with Crippen LogP contribution in [0.1, 0.15) is 63.9 Å². The minimum absolute atomic E-state index is 0.0387. The standard InChI is InChI=1S/C21H28N4O3S/c1-13(2)18-23-19(28-24-18)15(5)29-21-22-17-10-7-6-9-16(17)20(26)25(21)11-8-12-27-14(3)4/h6-7,9-10,13-15H,8,11-12H2,1-5H3. The number of ether oxygens (including phenoxy) is 1. The highest BCUT2D eigenvalue weighted by Gasteiger charge is 2.20. The number of rotatable bonds is 9. The van der Waals surface area contributed by atoms with Gasteiger partial charge in [-0.1, -0.05) is 42.9 Å². The number of hydrogen-bond donors (Lipinski definition) is 0. The molecule has 0 saturated carbocycles. The molecule has 0 aliphatic heterocycles. The van der Waals surface area contributed by atoms with Crippen LogP contribution in [0.3, 0.4) is 0 Å². The van der Waals surface area contributed by atoms with E-state index in [9.17, 15) is 4.79 Å². The lowest BCUT2D eigenvalue weighted by Gasteiger charge is -2.15. The summed E-state index contributed by atoms with van der Waals surface area (Å²) in [4.78, 5) is 22.3. The van der Waals surface area contributed by atoms with E-state index in [2.05, 4.69) is 10.1 Å². The highest BCUT2D eigenvalue weighted by Crippen LogP contribution is 2.33. The summed E-state index contributed by atoms with van der Waals surface area (Å²) >= 11 is 1.46. The van der Waals surface area contributed by atoms with Crippen LogP contribution in [0.15, 0.2) is 38.7 Å². The highest BCUT2D eigenvalue weighted by atomic mass is 32.2. The van der Waals surface area contributed by atoms with Gasteiger partial charge in [0, 0.05) is 19.1 Å². The molecular formula is C21H28N4O3S. The number of para-hydroxylation sites is 1. The van der Waals surface area contributed by atoms with E-state index in [0.29, 0.717) is 40.9 Å². The molecular weight excluding hydrogens is 388 g/mol. The Morgan fingerprint density at radius 3 is 2.59 bits per heavy atom. The van der Waals surface area contributed by atoms with Crippen LogP contribution in [0.5, 0.6) is 0 Å². The molecule has 1 aromatic carbocycles. The van der Waals surface area contributed by atoms with Crippen molar-refractivity contribution in [2.24, 2.45) is 0 Å². The average Bonchev–Trinajstić information content (AvgIpc) is 3.17. The monoisotopic (exact) mass is 416 g/mol. The summed E-state index contributed by atoms with van der Waals surface area (Å²) in [6, 6.07) is 7.43. The maximum absolute atomic E-state index is 13.1. The van der Waals surface area contributed by atoms with E-state index < -0.39 is 0 Å². The fourth-order valence-electron chi connectivity index (χ4n) is 2.83. The van der Waals surface area contributed by atoms with E-state index in [0.717, 1.165) is 6.42 Å². The second kappa shape index (κ2) is 9.54. The van der Waals surface area contributed by atoms with Gasteiger partial charge in [-0.05, 0) is 39.3 Å². The predicted molar refractivity (Wildman–Crippen MR) is 114 cm³/mol. The molecule has 156 valence electrons. The number of hydrogen-bond acceptors (Lipinski definition) is 7. The van der Waals surface area contributed by atoms with Gasteiger partial charge in [0.05, 0.1) is 22.3 Å². The largest absolute Gasteiger partial charge is 0.379 e. The van der Waals surface area contributed by atoms with Crippen molar-refractivity contribution in [3.8, 4) is 0 Å². The second-order valence-electron chi connectivity index (χ2n) is 7.55. The molecule has 1 atom stereocenters. The van der Waals surface area contributed by atoms with Crippen molar-refractivity contribution in [3.63, 3.8) is 0 Å². The second-order valence-corrected chi connectivity index (χ2v) is 8.85. The number of benzene rings is 1. The van der Waals surface area contributed by atoms with Gasteiger partial charge in [-0.15, -0.1) is 0 Å². The molecule has 0 amide bonds. The van der Waals surface area contributed by atoms with Crippen LogP contribution in [0.25, 0.3) is 10.9 Å². The summed E-state index contributed by atoms with van der Waals surface area (Å²) < 4.78 is 12.8. The van der Waals surface area contributed by atoms with Crippen molar-refractivity contribution < 1.29 is 9.26 Å². The predicted octanol–water partition coefficient (Wildman–Crippen LogP) is 4.57. The van der Waals surface area contributed by atoms with Crippen LogP contribution in [-0.4, -0.2) is 32.4 Å². The quantitative estimate of drug-likeness (QED) is 0.287. The van der Waals surface area contributed by atoms with Crippen molar-refractivity contribution in [2.75, 3.05) is 6.61 Å². The van der Waals surface area contributed by atoms with E-state index in [1.807, 2.05) is 58.9 Å². The van der Waals surface area contributed by atoms with Crippen molar-refractivity contribution in [1.82, 2.24) is 19.7 Å². The maximum atomic E-state index is 13.1. The lowest BCUT2D eigenvalue weighted by atomic mass is 10.2. The SMILES string of the molecule is CC(C)OCCCn1c(SC(C)c2nc(C(C)C)no2)nc2ccccc2c1=O. The molecule has 8 heteroatoms. The molecule has 29 heavy (non-hydrogen) atoms. The molecule has 7 nitrogen and oxygen atoms in total. The van der Waals surface area contributed by atoms with Crippen LogP contribution in [0, 0.1) is 0 Å². The number of thioether (sulfide) groups is 1. The van der Waals surface area contributed by atoms with Crippen LogP contribution in [0.4, 0.5) is 0 Å². The van der Waals surface area contributed by atoms with Gasteiger partial charge in [-0.3, -0.25) is 9.36 Å². The zero-order chi connectivity index (χ0) is 21.0. The van der Waals surface area contributed by atoms with Gasteiger partial charge in [0.2, 0.25) is 5.89 Å². The Labute approximate surface area is 174 Å². The summed E-state index contributed by atoms with van der Waals surface area (Å²) in [7, 11) is 0. The number of aromatic nitrogens is 4. The van der Waals surface area contributed by atoms with Gasteiger partial charge >= 0.3 is 0 Å². The van der Waals surface area contributed by atoms with E-state index in [1.165, 1.54) is 11.8 Å². The van der Waals surface area contributed by atoms with Gasteiger partial charge in [0.25, 0.3) is 5.56 Å². The number of fused-ring (bicyclic) bond motifs is 1. The van der Waals surface area contributed by atoms with Gasteiger partial charge < -0.3 is 9.26 Å². The molecule has 3 rings (SSSR count). The Balaban J connectivity index is 1.89. The summed E-state index contributed by atoms with van der Waals surface area (Å²) in [6.45, 7) is 11.2. The molecule has 0 radical (unpaired) electrons. The first-order valence-corrected chi connectivity index (χ1v) is 10.9. The third-order valence-corrected chi connectivity index (χ3v) is 5.49. The third-order valence-electron chi connectivity index (χ3n) is 4.41. The van der Waals surface area contributed by atoms with Crippen molar-refractivity contribution >= 4 is 22.7 Å². The molecule has 0 fully saturated rings. The highest BCUT2D eigenvalue weighted by molar-refractivity contribution is 7.99. The van der Waals surface area contributed by atoms with E-state index in [-0.39, 0.29) is 22.8 Å². The fourth-order valence-corrected chi connectivity index (χ4v) is 3.80. The van der Waals surface area contributed by atoms with Gasteiger partial charge in [-0.2, -0.15) is 4.98 Å². The third kappa shape index (κ3) is 5.25. The first kappa shape index (κ1) is 21.5. The molecule has 0 spiro atoms. The zero-order valence-corrected chi connectivity index (χ0v) is 18.4.